The molecule has 5 nitrogen and oxygen atoms in total. The first kappa shape index (κ1) is 20.5. The van der Waals surface area contributed by atoms with Gasteiger partial charge in [-0.3, -0.25) is 0 Å². The van der Waals surface area contributed by atoms with Crippen molar-refractivity contribution in [2.24, 2.45) is 0 Å². The minimum Gasteiger partial charge on any atom is -0.468 e. The Balaban J connectivity index is 2.13. The molecule has 0 saturated carbocycles. The Bertz CT molecular complexity index is 817. The topological polar surface area (TPSA) is 54.0 Å². The van der Waals surface area contributed by atoms with Gasteiger partial charge in [0.2, 0.25) is 0 Å². The first-order chi connectivity index (χ1) is 13.2. The lowest BCUT2D eigenvalue weighted by molar-refractivity contribution is -0.00847. The SMILES string of the molecule is CCOC(=O)c1c(C)cccc1C#Cc1cccc(OCOCCOC)c1. The van der Waals surface area contributed by atoms with Crippen LogP contribution in [0.2, 0.25) is 0 Å². The van der Waals surface area contributed by atoms with Crippen LogP contribution in [-0.4, -0.2) is 39.7 Å². The number of hydrogen-bond donors (Lipinski definition) is 0. The Labute approximate surface area is 160 Å². The van der Waals surface area contributed by atoms with Crippen molar-refractivity contribution in [2.45, 2.75) is 13.8 Å². The van der Waals surface area contributed by atoms with E-state index in [0.717, 1.165) is 11.1 Å². The van der Waals surface area contributed by atoms with Gasteiger partial charge >= 0.3 is 5.97 Å². The predicted octanol–water partition coefficient (Wildman–Crippen LogP) is 3.57. The van der Waals surface area contributed by atoms with Gasteiger partial charge in [-0.25, -0.2) is 4.79 Å². The molecular weight excluding hydrogens is 344 g/mol. The maximum absolute atomic E-state index is 12.2. The van der Waals surface area contributed by atoms with Crippen LogP contribution in [0.25, 0.3) is 0 Å². The van der Waals surface area contributed by atoms with Gasteiger partial charge in [-0.2, -0.15) is 0 Å². The van der Waals surface area contributed by atoms with Gasteiger partial charge in [-0.05, 0) is 43.7 Å². The van der Waals surface area contributed by atoms with Crippen LogP contribution < -0.4 is 4.74 Å². The van der Waals surface area contributed by atoms with Gasteiger partial charge in [0.25, 0.3) is 0 Å². The monoisotopic (exact) mass is 368 g/mol. The number of esters is 1. The fraction of sp³-hybridized carbons (Fsp3) is 0.318. The van der Waals surface area contributed by atoms with Gasteiger partial charge in [0.15, 0.2) is 6.79 Å². The van der Waals surface area contributed by atoms with Crippen LogP contribution in [0.3, 0.4) is 0 Å². The van der Waals surface area contributed by atoms with E-state index in [9.17, 15) is 4.79 Å². The zero-order valence-electron chi connectivity index (χ0n) is 15.9. The first-order valence-corrected chi connectivity index (χ1v) is 8.74. The summed E-state index contributed by atoms with van der Waals surface area (Å²) in [5, 5.41) is 0. The quantitative estimate of drug-likeness (QED) is 0.309. The molecule has 0 aliphatic heterocycles. The second-order valence-electron chi connectivity index (χ2n) is 5.66. The number of carbonyl (C=O) groups is 1. The van der Waals surface area contributed by atoms with E-state index in [-0.39, 0.29) is 12.8 Å². The van der Waals surface area contributed by atoms with Crippen LogP contribution >= 0.6 is 0 Å². The lowest BCUT2D eigenvalue weighted by atomic mass is 10.0. The van der Waals surface area contributed by atoms with Gasteiger partial charge < -0.3 is 18.9 Å². The molecule has 0 unspecified atom stereocenters. The number of rotatable bonds is 8. The molecule has 0 radical (unpaired) electrons. The second-order valence-corrected chi connectivity index (χ2v) is 5.66. The van der Waals surface area contributed by atoms with Crippen molar-refractivity contribution in [3.63, 3.8) is 0 Å². The van der Waals surface area contributed by atoms with Crippen molar-refractivity contribution < 1.29 is 23.7 Å². The van der Waals surface area contributed by atoms with E-state index < -0.39 is 0 Å². The molecule has 5 heteroatoms. The molecule has 0 heterocycles. The lowest BCUT2D eigenvalue weighted by Crippen LogP contribution is -2.09. The largest absolute Gasteiger partial charge is 0.468 e. The Morgan fingerprint density at radius 3 is 2.67 bits per heavy atom. The highest BCUT2D eigenvalue weighted by Crippen LogP contribution is 2.16. The van der Waals surface area contributed by atoms with Crippen molar-refractivity contribution in [1.82, 2.24) is 0 Å². The van der Waals surface area contributed by atoms with Gasteiger partial charge in [0, 0.05) is 18.2 Å². The van der Waals surface area contributed by atoms with Gasteiger partial charge in [-0.1, -0.05) is 30.0 Å². The molecule has 2 rings (SSSR count). The van der Waals surface area contributed by atoms with Crippen molar-refractivity contribution in [3.05, 3.63) is 64.7 Å². The third-order valence-electron chi connectivity index (χ3n) is 3.67. The van der Waals surface area contributed by atoms with Crippen molar-refractivity contribution in [3.8, 4) is 17.6 Å². The summed E-state index contributed by atoms with van der Waals surface area (Å²) < 4.78 is 20.9. The smallest absolute Gasteiger partial charge is 0.339 e. The zero-order chi connectivity index (χ0) is 19.5. The summed E-state index contributed by atoms with van der Waals surface area (Å²) in [4.78, 5) is 12.2. The number of ether oxygens (including phenoxy) is 4. The normalized spacial score (nSPS) is 10.0. The zero-order valence-corrected chi connectivity index (χ0v) is 15.9. The lowest BCUT2D eigenvalue weighted by Gasteiger charge is -2.08. The summed E-state index contributed by atoms with van der Waals surface area (Å²) in [5.41, 5.74) is 2.76. The van der Waals surface area contributed by atoms with Gasteiger partial charge in [-0.15, -0.1) is 0 Å². The van der Waals surface area contributed by atoms with Crippen LogP contribution in [-0.2, 0) is 14.2 Å². The number of benzene rings is 2. The van der Waals surface area contributed by atoms with Gasteiger partial charge in [0.05, 0.1) is 25.4 Å². The summed E-state index contributed by atoms with van der Waals surface area (Å²) in [6.07, 6.45) is 0. The van der Waals surface area contributed by atoms with Crippen molar-refractivity contribution in [2.75, 3.05) is 33.7 Å². The molecule has 0 amide bonds. The highest BCUT2D eigenvalue weighted by atomic mass is 16.7. The molecule has 0 atom stereocenters. The van der Waals surface area contributed by atoms with Crippen LogP contribution in [0.4, 0.5) is 0 Å². The van der Waals surface area contributed by atoms with Crippen molar-refractivity contribution in [1.29, 1.82) is 0 Å². The number of carbonyl (C=O) groups excluding carboxylic acids is 1. The van der Waals surface area contributed by atoms with Crippen LogP contribution in [0.1, 0.15) is 34.0 Å². The molecule has 2 aromatic carbocycles. The Hall–Kier alpha value is -2.81. The molecule has 0 spiro atoms. The van der Waals surface area contributed by atoms with Crippen LogP contribution in [0.15, 0.2) is 42.5 Å². The first-order valence-electron chi connectivity index (χ1n) is 8.74. The van der Waals surface area contributed by atoms with E-state index >= 15 is 0 Å². The highest BCUT2D eigenvalue weighted by Gasteiger charge is 2.13. The van der Waals surface area contributed by atoms with Gasteiger partial charge in [0.1, 0.15) is 5.75 Å². The Kier molecular flexibility index (Phi) is 8.37. The second kappa shape index (κ2) is 11.0. The summed E-state index contributed by atoms with van der Waals surface area (Å²) in [7, 11) is 1.62. The number of aryl methyl sites for hydroxylation is 1. The van der Waals surface area contributed by atoms with E-state index in [1.165, 1.54) is 0 Å². The molecule has 0 saturated heterocycles. The molecule has 27 heavy (non-hydrogen) atoms. The molecule has 0 fully saturated rings. The number of methoxy groups -OCH3 is 1. The molecular formula is C22H24O5. The number of hydrogen-bond acceptors (Lipinski definition) is 5. The van der Waals surface area contributed by atoms with E-state index in [1.807, 2.05) is 49.4 Å². The van der Waals surface area contributed by atoms with E-state index in [2.05, 4.69) is 11.8 Å². The molecule has 0 bridgehead atoms. The minimum atomic E-state index is -0.356. The van der Waals surface area contributed by atoms with Crippen LogP contribution in [0, 0.1) is 18.8 Å². The maximum Gasteiger partial charge on any atom is 0.339 e. The van der Waals surface area contributed by atoms with Crippen molar-refractivity contribution >= 4 is 5.97 Å². The highest BCUT2D eigenvalue weighted by molar-refractivity contribution is 5.94. The third-order valence-corrected chi connectivity index (χ3v) is 3.67. The molecule has 0 N–H and O–H groups in total. The van der Waals surface area contributed by atoms with E-state index in [0.29, 0.717) is 36.7 Å². The summed E-state index contributed by atoms with van der Waals surface area (Å²) in [5.74, 6) is 6.45. The molecule has 0 aliphatic rings. The maximum atomic E-state index is 12.2. The predicted molar refractivity (Wildman–Crippen MR) is 103 cm³/mol. The summed E-state index contributed by atoms with van der Waals surface area (Å²) >= 11 is 0. The Morgan fingerprint density at radius 2 is 1.89 bits per heavy atom. The Morgan fingerprint density at radius 1 is 1.07 bits per heavy atom. The fourth-order valence-corrected chi connectivity index (χ4v) is 2.36. The average Bonchev–Trinajstić information content (AvgIpc) is 2.66. The molecule has 0 aliphatic carbocycles. The minimum absolute atomic E-state index is 0.144. The molecule has 2 aromatic rings. The summed E-state index contributed by atoms with van der Waals surface area (Å²) in [6, 6.07) is 13.0. The molecule has 142 valence electrons. The van der Waals surface area contributed by atoms with Crippen LogP contribution in [0.5, 0.6) is 5.75 Å². The third kappa shape index (κ3) is 6.45. The molecule has 0 aromatic heterocycles. The average molecular weight is 368 g/mol. The summed E-state index contributed by atoms with van der Waals surface area (Å²) in [6.45, 7) is 5.12. The fourth-order valence-electron chi connectivity index (χ4n) is 2.36. The van der Waals surface area contributed by atoms with E-state index in [4.69, 9.17) is 18.9 Å². The standard InChI is InChI=1S/C22H24O5/c1-4-26-22(23)21-17(2)7-5-9-19(21)12-11-18-8-6-10-20(15-18)27-16-25-14-13-24-3/h5-10,15H,4,13-14,16H2,1-3H3. The van der Waals surface area contributed by atoms with E-state index in [1.54, 1.807) is 14.0 Å².